The van der Waals surface area contributed by atoms with Crippen LogP contribution >= 0.6 is 24.0 Å². The first kappa shape index (κ1) is 18.9. The second-order valence-corrected chi connectivity index (χ2v) is 6.06. The van der Waals surface area contributed by atoms with E-state index in [-0.39, 0.29) is 24.6 Å². The van der Waals surface area contributed by atoms with E-state index in [1.807, 2.05) is 24.7 Å². The molecule has 1 aliphatic heterocycles. The monoisotopic (exact) mass is 372 g/mol. The van der Waals surface area contributed by atoms with E-state index in [1.165, 1.54) is 0 Å². The molecule has 3 rings (SSSR count). The second kappa shape index (κ2) is 9.16. The lowest BCUT2D eigenvalue weighted by atomic mass is 10.1. The third-order valence-electron chi connectivity index (χ3n) is 4.01. The lowest BCUT2D eigenvalue weighted by molar-refractivity contribution is 0.0247. The molecule has 1 saturated heterocycles. The van der Waals surface area contributed by atoms with E-state index < -0.39 is 0 Å². The molecular formula is C17H22Cl2N2O3. The summed E-state index contributed by atoms with van der Waals surface area (Å²) in [4.78, 5) is 4.05. The minimum atomic E-state index is 0. The first-order valence-electron chi connectivity index (χ1n) is 7.82. The minimum absolute atomic E-state index is 0. The van der Waals surface area contributed by atoms with E-state index in [4.69, 9.17) is 25.8 Å². The van der Waals surface area contributed by atoms with Crippen LogP contribution in [0.25, 0.3) is 0 Å². The van der Waals surface area contributed by atoms with Crippen LogP contribution in [-0.2, 0) is 11.3 Å². The Bertz CT molecular complexity index is 622. The Hall–Kier alpha value is -1.43. The molecule has 0 saturated carbocycles. The van der Waals surface area contributed by atoms with E-state index in [0.29, 0.717) is 17.4 Å². The van der Waals surface area contributed by atoms with Crippen molar-refractivity contribution < 1.29 is 14.2 Å². The first-order chi connectivity index (χ1) is 11.2. The summed E-state index contributed by atoms with van der Waals surface area (Å²) in [6.07, 6.45) is 9.10. The molecule has 1 aliphatic rings. The molecule has 0 radical (unpaired) electrons. The van der Waals surface area contributed by atoms with E-state index in [2.05, 4.69) is 9.55 Å². The van der Waals surface area contributed by atoms with Crippen molar-refractivity contribution in [3.05, 3.63) is 41.9 Å². The summed E-state index contributed by atoms with van der Waals surface area (Å²) in [6, 6.07) is 5.43. The molecule has 2 atom stereocenters. The molecule has 2 heterocycles. The number of aromatic nitrogens is 2. The zero-order chi connectivity index (χ0) is 16.1. The fourth-order valence-electron chi connectivity index (χ4n) is 2.78. The number of halogens is 2. The minimum Gasteiger partial charge on any atom is -0.497 e. The molecule has 0 bridgehead atoms. The third kappa shape index (κ3) is 5.03. The SMILES string of the molecule is COc1ccc(OCCC2CCC(Cn3ccnc3)O2)c(Cl)c1.Cl. The maximum atomic E-state index is 6.16. The Balaban J connectivity index is 0.00000208. The lowest BCUT2D eigenvalue weighted by Crippen LogP contribution is -2.18. The van der Waals surface area contributed by atoms with Crippen LogP contribution < -0.4 is 9.47 Å². The molecule has 2 unspecified atom stereocenters. The van der Waals surface area contributed by atoms with Gasteiger partial charge in [-0.15, -0.1) is 12.4 Å². The van der Waals surface area contributed by atoms with Crippen LogP contribution in [0.5, 0.6) is 11.5 Å². The number of methoxy groups -OCH3 is 1. The topological polar surface area (TPSA) is 45.5 Å². The van der Waals surface area contributed by atoms with Gasteiger partial charge >= 0.3 is 0 Å². The molecule has 7 heteroatoms. The zero-order valence-electron chi connectivity index (χ0n) is 13.6. The van der Waals surface area contributed by atoms with Gasteiger partial charge < -0.3 is 18.8 Å². The molecule has 0 aliphatic carbocycles. The summed E-state index contributed by atoms with van der Waals surface area (Å²) in [5.41, 5.74) is 0. The molecule has 0 spiro atoms. The van der Waals surface area contributed by atoms with Crippen LogP contribution in [0.1, 0.15) is 19.3 Å². The van der Waals surface area contributed by atoms with Gasteiger partial charge in [-0.1, -0.05) is 11.6 Å². The first-order valence-corrected chi connectivity index (χ1v) is 8.20. The molecule has 1 aromatic heterocycles. The van der Waals surface area contributed by atoms with Gasteiger partial charge in [0.25, 0.3) is 0 Å². The molecule has 2 aromatic rings. The fourth-order valence-corrected chi connectivity index (χ4v) is 3.01. The van der Waals surface area contributed by atoms with Crippen molar-refractivity contribution in [1.82, 2.24) is 9.55 Å². The Morgan fingerprint density at radius 1 is 1.33 bits per heavy atom. The summed E-state index contributed by atoms with van der Waals surface area (Å²) >= 11 is 6.16. The highest BCUT2D eigenvalue weighted by Crippen LogP contribution is 2.29. The quantitative estimate of drug-likeness (QED) is 0.737. The predicted molar refractivity (Wildman–Crippen MR) is 95.5 cm³/mol. The number of ether oxygens (including phenoxy) is 3. The maximum absolute atomic E-state index is 6.16. The number of benzene rings is 1. The summed E-state index contributed by atoms with van der Waals surface area (Å²) < 4.78 is 19.0. The van der Waals surface area contributed by atoms with Crippen molar-refractivity contribution in [3.8, 4) is 11.5 Å². The van der Waals surface area contributed by atoms with E-state index in [0.717, 1.165) is 31.6 Å². The highest BCUT2D eigenvalue weighted by Gasteiger charge is 2.25. The second-order valence-electron chi connectivity index (χ2n) is 5.65. The van der Waals surface area contributed by atoms with Gasteiger partial charge in [-0.05, 0) is 25.0 Å². The van der Waals surface area contributed by atoms with Crippen molar-refractivity contribution in [2.45, 2.75) is 38.0 Å². The number of rotatable bonds is 7. The molecule has 0 amide bonds. The standard InChI is InChI=1S/C17H21ClN2O3.ClH/c1-21-14-4-5-17(16(18)10-14)22-9-6-13-2-3-15(23-13)11-20-8-7-19-12-20;/h4-5,7-8,10,12-13,15H,2-3,6,9,11H2,1H3;1H. The van der Waals surface area contributed by atoms with E-state index >= 15 is 0 Å². The van der Waals surface area contributed by atoms with Crippen molar-refractivity contribution >= 4 is 24.0 Å². The normalized spacial score (nSPS) is 19.8. The Morgan fingerprint density at radius 3 is 2.88 bits per heavy atom. The largest absolute Gasteiger partial charge is 0.497 e. The summed E-state index contributed by atoms with van der Waals surface area (Å²) in [6.45, 7) is 1.45. The van der Waals surface area contributed by atoms with Crippen LogP contribution in [0.2, 0.25) is 5.02 Å². The number of hydrogen-bond donors (Lipinski definition) is 0. The van der Waals surface area contributed by atoms with Gasteiger partial charge in [0.05, 0.1) is 37.3 Å². The number of imidazole rings is 1. The van der Waals surface area contributed by atoms with Crippen molar-refractivity contribution in [1.29, 1.82) is 0 Å². The lowest BCUT2D eigenvalue weighted by Gasteiger charge is -2.15. The molecule has 0 N–H and O–H groups in total. The highest BCUT2D eigenvalue weighted by atomic mass is 35.5. The molecule has 5 nitrogen and oxygen atoms in total. The Morgan fingerprint density at radius 2 is 2.17 bits per heavy atom. The molecule has 1 aromatic carbocycles. The molecular weight excluding hydrogens is 351 g/mol. The van der Waals surface area contributed by atoms with Gasteiger partial charge in [0.1, 0.15) is 11.5 Å². The molecule has 24 heavy (non-hydrogen) atoms. The van der Waals surface area contributed by atoms with Crippen molar-refractivity contribution in [2.24, 2.45) is 0 Å². The van der Waals surface area contributed by atoms with Gasteiger partial charge in [-0.25, -0.2) is 4.98 Å². The van der Waals surface area contributed by atoms with Gasteiger partial charge in [-0.3, -0.25) is 0 Å². The number of nitrogens with zero attached hydrogens (tertiary/aromatic N) is 2. The van der Waals surface area contributed by atoms with E-state index in [1.54, 1.807) is 19.4 Å². The van der Waals surface area contributed by atoms with Crippen LogP contribution in [-0.4, -0.2) is 35.5 Å². The molecule has 132 valence electrons. The highest BCUT2D eigenvalue weighted by molar-refractivity contribution is 6.32. The summed E-state index contributed by atoms with van der Waals surface area (Å²) in [5, 5.41) is 0.565. The average molecular weight is 373 g/mol. The van der Waals surface area contributed by atoms with Crippen molar-refractivity contribution in [3.63, 3.8) is 0 Å². The van der Waals surface area contributed by atoms with E-state index in [9.17, 15) is 0 Å². The van der Waals surface area contributed by atoms with Crippen LogP contribution in [0, 0.1) is 0 Å². The van der Waals surface area contributed by atoms with Gasteiger partial charge in [0, 0.05) is 31.4 Å². The van der Waals surface area contributed by atoms with Crippen LogP contribution in [0.3, 0.4) is 0 Å². The summed E-state index contributed by atoms with van der Waals surface area (Å²) in [5.74, 6) is 1.41. The van der Waals surface area contributed by atoms with Gasteiger partial charge in [0.2, 0.25) is 0 Å². The van der Waals surface area contributed by atoms with Gasteiger partial charge in [-0.2, -0.15) is 0 Å². The average Bonchev–Trinajstić information content (AvgIpc) is 3.21. The van der Waals surface area contributed by atoms with Crippen molar-refractivity contribution in [2.75, 3.05) is 13.7 Å². The maximum Gasteiger partial charge on any atom is 0.138 e. The third-order valence-corrected chi connectivity index (χ3v) is 4.30. The number of hydrogen-bond acceptors (Lipinski definition) is 4. The Labute approximate surface area is 153 Å². The summed E-state index contributed by atoms with van der Waals surface area (Å²) in [7, 11) is 1.61. The predicted octanol–water partition coefficient (Wildman–Crippen LogP) is 3.98. The van der Waals surface area contributed by atoms with Crippen LogP contribution in [0.4, 0.5) is 0 Å². The van der Waals surface area contributed by atoms with Crippen LogP contribution in [0.15, 0.2) is 36.9 Å². The smallest absolute Gasteiger partial charge is 0.138 e. The van der Waals surface area contributed by atoms with Gasteiger partial charge in [0.15, 0.2) is 0 Å². The Kier molecular flexibility index (Phi) is 7.21. The fraction of sp³-hybridized carbons (Fsp3) is 0.471. The molecule has 1 fully saturated rings. The zero-order valence-corrected chi connectivity index (χ0v) is 15.1.